The predicted octanol–water partition coefficient (Wildman–Crippen LogP) is 3.75. The van der Waals surface area contributed by atoms with Crippen LogP contribution in [0.3, 0.4) is 0 Å². The zero-order chi connectivity index (χ0) is 20.5. The average Bonchev–Trinajstić information content (AvgIpc) is 3.51. The van der Waals surface area contributed by atoms with Crippen molar-refractivity contribution in [3.8, 4) is 17.2 Å². The fraction of sp³-hybridized carbons (Fsp3) is 0.304. The zero-order valence-corrected chi connectivity index (χ0v) is 16.7. The van der Waals surface area contributed by atoms with E-state index in [1.54, 1.807) is 4.90 Å². The quantitative estimate of drug-likeness (QED) is 0.662. The highest BCUT2D eigenvalue weighted by molar-refractivity contribution is 6.11. The number of nitrogens with zero attached hydrogens (tertiary/aromatic N) is 2. The molecule has 7 heteroatoms. The van der Waals surface area contributed by atoms with Gasteiger partial charge in [-0.25, -0.2) is 0 Å². The van der Waals surface area contributed by atoms with Crippen molar-refractivity contribution in [1.82, 2.24) is 5.16 Å². The molecule has 3 aromatic rings. The number of hydrogen-bond acceptors (Lipinski definition) is 6. The number of carbonyl (C=O) groups is 1. The monoisotopic (exact) mass is 404 g/mol. The maximum atomic E-state index is 13.9. The minimum atomic E-state index is -0.909. The Morgan fingerprint density at radius 1 is 1.03 bits per heavy atom. The van der Waals surface area contributed by atoms with E-state index in [2.05, 4.69) is 19.0 Å². The fourth-order valence-electron chi connectivity index (χ4n) is 4.55. The van der Waals surface area contributed by atoms with E-state index in [0.29, 0.717) is 29.6 Å². The first-order valence-electron chi connectivity index (χ1n) is 10.0. The first kappa shape index (κ1) is 17.4. The molecule has 0 saturated heterocycles. The molecule has 0 saturated carbocycles. The predicted molar refractivity (Wildman–Crippen MR) is 107 cm³/mol. The molecule has 3 aliphatic heterocycles. The second-order valence-electron chi connectivity index (χ2n) is 8.18. The van der Waals surface area contributed by atoms with E-state index >= 15 is 0 Å². The summed E-state index contributed by atoms with van der Waals surface area (Å²) in [6.45, 7) is 4.85. The number of fused-ring (bicyclic) bond motifs is 5. The van der Waals surface area contributed by atoms with Crippen molar-refractivity contribution in [3.63, 3.8) is 0 Å². The number of amides is 1. The molecule has 0 bridgehead atoms. The first-order valence-corrected chi connectivity index (χ1v) is 10.0. The lowest BCUT2D eigenvalue weighted by molar-refractivity contribution is -0.122. The van der Waals surface area contributed by atoms with Crippen LogP contribution in [0.4, 0.5) is 5.69 Å². The van der Waals surface area contributed by atoms with Crippen LogP contribution in [-0.4, -0.2) is 24.5 Å². The lowest BCUT2D eigenvalue weighted by Gasteiger charge is -2.22. The van der Waals surface area contributed by atoms with Crippen LogP contribution < -0.4 is 19.1 Å². The molecule has 1 amide bonds. The number of anilines is 1. The van der Waals surface area contributed by atoms with Gasteiger partial charge in [-0.3, -0.25) is 4.79 Å². The Morgan fingerprint density at radius 2 is 1.83 bits per heavy atom. The van der Waals surface area contributed by atoms with E-state index in [-0.39, 0.29) is 25.2 Å². The average molecular weight is 404 g/mol. The first-order chi connectivity index (χ1) is 14.6. The van der Waals surface area contributed by atoms with Gasteiger partial charge in [0.1, 0.15) is 17.8 Å². The summed E-state index contributed by atoms with van der Waals surface area (Å²) < 4.78 is 22.6. The Hall–Kier alpha value is -3.48. The maximum Gasteiger partial charge on any atom is 0.246 e. The molecule has 2 aromatic carbocycles. The van der Waals surface area contributed by atoms with Crippen LogP contribution in [-0.2, 0) is 16.8 Å². The van der Waals surface area contributed by atoms with E-state index in [4.69, 9.17) is 18.7 Å². The summed E-state index contributed by atoms with van der Waals surface area (Å²) in [5.41, 5.74) is 2.57. The molecule has 4 heterocycles. The van der Waals surface area contributed by atoms with E-state index in [9.17, 15) is 4.79 Å². The lowest BCUT2D eigenvalue weighted by Crippen LogP contribution is -2.42. The van der Waals surface area contributed by atoms with Gasteiger partial charge in [-0.2, -0.15) is 0 Å². The Kier molecular flexibility index (Phi) is 3.48. The minimum Gasteiger partial charge on any atom is -0.491 e. The molecule has 0 N–H and O–H groups in total. The third kappa shape index (κ3) is 2.20. The largest absolute Gasteiger partial charge is 0.491 e. The van der Waals surface area contributed by atoms with Gasteiger partial charge in [-0.15, -0.1) is 0 Å². The molecular formula is C23H20N2O5. The van der Waals surface area contributed by atoms with Gasteiger partial charge < -0.3 is 23.6 Å². The van der Waals surface area contributed by atoms with E-state index in [1.807, 2.05) is 42.5 Å². The van der Waals surface area contributed by atoms with Gasteiger partial charge in [0.15, 0.2) is 17.3 Å². The summed E-state index contributed by atoms with van der Waals surface area (Å²) in [4.78, 5) is 15.7. The Bertz CT molecular complexity index is 1180. The molecule has 1 aromatic heterocycles. The zero-order valence-electron chi connectivity index (χ0n) is 16.7. The van der Waals surface area contributed by atoms with E-state index in [0.717, 1.165) is 22.5 Å². The summed E-state index contributed by atoms with van der Waals surface area (Å²) in [5.74, 6) is 2.82. The highest BCUT2D eigenvalue weighted by Gasteiger charge is 2.57. The van der Waals surface area contributed by atoms with Crippen LogP contribution in [0.2, 0.25) is 0 Å². The van der Waals surface area contributed by atoms with Crippen molar-refractivity contribution in [2.75, 3.05) is 18.3 Å². The molecule has 30 heavy (non-hydrogen) atoms. The smallest absolute Gasteiger partial charge is 0.246 e. The summed E-state index contributed by atoms with van der Waals surface area (Å²) >= 11 is 0. The molecule has 0 aliphatic carbocycles. The number of hydrogen-bond donors (Lipinski definition) is 0. The van der Waals surface area contributed by atoms with Crippen molar-refractivity contribution in [1.29, 1.82) is 0 Å². The SMILES string of the molecule is CC(C)c1cc(CN2C(=O)C3(COc4cc5c(cc43)OCO5)c3ccccc32)on1. The van der Waals surface area contributed by atoms with Crippen LogP contribution in [0.15, 0.2) is 47.0 Å². The van der Waals surface area contributed by atoms with Crippen LogP contribution in [0.25, 0.3) is 0 Å². The van der Waals surface area contributed by atoms with Crippen molar-refractivity contribution in [2.24, 2.45) is 0 Å². The lowest BCUT2D eigenvalue weighted by atomic mass is 9.77. The van der Waals surface area contributed by atoms with Crippen LogP contribution in [0.5, 0.6) is 17.2 Å². The molecule has 1 atom stereocenters. The van der Waals surface area contributed by atoms with E-state index < -0.39 is 5.41 Å². The Balaban J connectivity index is 1.46. The highest BCUT2D eigenvalue weighted by Crippen LogP contribution is 2.55. The van der Waals surface area contributed by atoms with Gasteiger partial charge >= 0.3 is 0 Å². The van der Waals surface area contributed by atoms with Crippen molar-refractivity contribution < 1.29 is 23.5 Å². The third-order valence-electron chi connectivity index (χ3n) is 6.13. The summed E-state index contributed by atoms with van der Waals surface area (Å²) in [6.07, 6.45) is 0. The molecule has 1 unspecified atom stereocenters. The highest BCUT2D eigenvalue weighted by atomic mass is 16.7. The fourth-order valence-corrected chi connectivity index (χ4v) is 4.55. The summed E-state index contributed by atoms with van der Waals surface area (Å²) in [6, 6.07) is 13.5. The molecule has 7 nitrogen and oxygen atoms in total. The van der Waals surface area contributed by atoms with Crippen LogP contribution in [0, 0.1) is 0 Å². The number of para-hydroxylation sites is 1. The maximum absolute atomic E-state index is 13.9. The number of ether oxygens (including phenoxy) is 3. The third-order valence-corrected chi connectivity index (χ3v) is 6.13. The van der Waals surface area contributed by atoms with Gasteiger partial charge in [-0.1, -0.05) is 37.2 Å². The normalized spacial score (nSPS) is 20.8. The van der Waals surface area contributed by atoms with Crippen LogP contribution >= 0.6 is 0 Å². The van der Waals surface area contributed by atoms with Crippen LogP contribution in [0.1, 0.15) is 42.3 Å². The number of aromatic nitrogens is 1. The molecule has 0 radical (unpaired) electrons. The number of carbonyl (C=O) groups excluding carboxylic acids is 1. The molecule has 3 aliphatic rings. The van der Waals surface area contributed by atoms with Crippen molar-refractivity contribution >= 4 is 11.6 Å². The number of rotatable bonds is 3. The Labute approximate surface area is 173 Å². The standard InChI is InChI=1S/C23H20N2O5/c1-13(2)17-7-14(30-24-17)10-25-18-6-4-3-5-15(18)23(22(25)26)11-27-19-9-21-20(8-16(19)23)28-12-29-21/h3-9,13H,10-12H2,1-2H3. The molecular weight excluding hydrogens is 384 g/mol. The molecule has 6 rings (SSSR count). The van der Waals surface area contributed by atoms with Crippen molar-refractivity contribution in [3.05, 3.63) is 65.0 Å². The van der Waals surface area contributed by atoms with Gasteiger partial charge in [0.2, 0.25) is 12.7 Å². The topological polar surface area (TPSA) is 74.0 Å². The number of benzene rings is 2. The van der Waals surface area contributed by atoms with Crippen molar-refractivity contribution in [2.45, 2.75) is 31.7 Å². The van der Waals surface area contributed by atoms with Gasteiger partial charge in [0.25, 0.3) is 0 Å². The van der Waals surface area contributed by atoms with E-state index in [1.165, 1.54) is 0 Å². The minimum absolute atomic E-state index is 0.0381. The molecule has 152 valence electrons. The summed E-state index contributed by atoms with van der Waals surface area (Å²) in [5, 5.41) is 4.13. The second kappa shape index (κ2) is 6.01. The Morgan fingerprint density at radius 3 is 2.63 bits per heavy atom. The summed E-state index contributed by atoms with van der Waals surface area (Å²) in [7, 11) is 0. The van der Waals surface area contributed by atoms with Gasteiger partial charge in [-0.05, 0) is 23.6 Å². The molecule has 1 spiro atoms. The second-order valence-corrected chi connectivity index (χ2v) is 8.18. The molecule has 0 fully saturated rings. The van der Waals surface area contributed by atoms with Gasteiger partial charge in [0.05, 0.1) is 12.2 Å². The van der Waals surface area contributed by atoms with Gasteiger partial charge in [0, 0.05) is 23.4 Å².